The molecule has 0 aliphatic carbocycles. The highest BCUT2D eigenvalue weighted by Crippen LogP contribution is 2.22. The number of benzene rings is 3. The summed E-state index contributed by atoms with van der Waals surface area (Å²) in [5.41, 5.74) is 2.40. The van der Waals surface area contributed by atoms with E-state index in [4.69, 9.17) is 0 Å². The van der Waals surface area contributed by atoms with Crippen LogP contribution in [0.2, 0.25) is 0 Å². The molecule has 6 nitrogen and oxygen atoms in total. The van der Waals surface area contributed by atoms with Gasteiger partial charge in [0.05, 0.1) is 10.6 Å². The predicted octanol–water partition coefficient (Wildman–Crippen LogP) is 4.21. The Morgan fingerprint density at radius 3 is 2.12 bits per heavy atom. The van der Waals surface area contributed by atoms with Crippen LogP contribution in [0, 0.1) is 0 Å². The Labute approximate surface area is 197 Å². The molecule has 0 spiro atoms. The zero-order valence-electron chi connectivity index (χ0n) is 17.4. The number of anilines is 1. The summed E-state index contributed by atoms with van der Waals surface area (Å²) in [5.74, 6) is -0.164. The van der Waals surface area contributed by atoms with Gasteiger partial charge in [-0.1, -0.05) is 42.5 Å². The van der Waals surface area contributed by atoms with Crippen molar-refractivity contribution in [1.82, 2.24) is 9.21 Å². The van der Waals surface area contributed by atoms with E-state index in [9.17, 15) is 13.2 Å². The lowest BCUT2D eigenvalue weighted by Crippen LogP contribution is -2.48. The molecule has 1 fully saturated rings. The maximum Gasteiger partial charge on any atom is 0.255 e. The maximum atomic E-state index is 12.8. The first-order valence-corrected chi connectivity index (χ1v) is 12.6. The van der Waals surface area contributed by atoms with Gasteiger partial charge in [-0.25, -0.2) is 8.42 Å². The predicted molar refractivity (Wildman–Crippen MR) is 129 cm³/mol. The van der Waals surface area contributed by atoms with E-state index in [0.717, 1.165) is 15.7 Å². The molecule has 1 N–H and O–H groups in total. The summed E-state index contributed by atoms with van der Waals surface area (Å²) in [6.07, 6.45) is 0. The number of nitrogens with one attached hydrogen (secondary N) is 1. The lowest BCUT2D eigenvalue weighted by molar-refractivity contribution is 0.102. The van der Waals surface area contributed by atoms with Gasteiger partial charge < -0.3 is 5.32 Å². The Morgan fingerprint density at radius 2 is 1.47 bits per heavy atom. The molecule has 166 valence electrons. The number of halogens is 1. The van der Waals surface area contributed by atoms with Crippen molar-refractivity contribution in [1.29, 1.82) is 0 Å². The topological polar surface area (TPSA) is 69.7 Å². The number of amides is 1. The number of sulfonamides is 1. The summed E-state index contributed by atoms with van der Waals surface area (Å²) in [6, 6.07) is 23.6. The molecular weight excluding hydrogens is 490 g/mol. The lowest BCUT2D eigenvalue weighted by Gasteiger charge is -2.34. The molecule has 1 aliphatic rings. The number of carbonyl (C=O) groups excluding carboxylic acids is 1. The van der Waals surface area contributed by atoms with Gasteiger partial charge in [0.15, 0.2) is 0 Å². The molecular formula is C24H24BrN3O3S. The molecule has 0 bridgehead atoms. The molecule has 8 heteroatoms. The fourth-order valence-corrected chi connectivity index (χ4v) is 5.47. The number of carbonyl (C=O) groups is 1. The first kappa shape index (κ1) is 22.7. The Bertz CT molecular complexity index is 1180. The molecule has 0 atom stereocenters. The van der Waals surface area contributed by atoms with E-state index in [1.165, 1.54) is 0 Å². The van der Waals surface area contributed by atoms with E-state index in [1.807, 2.05) is 54.6 Å². The van der Waals surface area contributed by atoms with E-state index in [1.54, 1.807) is 28.6 Å². The van der Waals surface area contributed by atoms with Crippen LogP contribution in [-0.2, 0) is 16.6 Å². The van der Waals surface area contributed by atoms with Crippen LogP contribution in [0.1, 0.15) is 15.9 Å². The zero-order chi connectivity index (χ0) is 22.6. The van der Waals surface area contributed by atoms with Crippen molar-refractivity contribution in [3.05, 3.63) is 94.5 Å². The highest BCUT2D eigenvalue weighted by molar-refractivity contribution is 9.10. The fraction of sp³-hybridized carbons (Fsp3) is 0.208. The number of para-hydroxylation sites is 1. The molecule has 0 saturated carbocycles. The third-order valence-corrected chi connectivity index (χ3v) is 8.06. The van der Waals surface area contributed by atoms with Crippen molar-refractivity contribution in [2.24, 2.45) is 0 Å². The summed E-state index contributed by atoms with van der Waals surface area (Å²) < 4.78 is 27.9. The molecule has 3 aromatic rings. The Balaban J connectivity index is 1.32. The van der Waals surface area contributed by atoms with Crippen LogP contribution < -0.4 is 5.32 Å². The average molecular weight is 514 g/mol. The minimum absolute atomic E-state index is 0.164. The second kappa shape index (κ2) is 9.95. The third kappa shape index (κ3) is 5.27. The van der Waals surface area contributed by atoms with Crippen LogP contribution in [0.5, 0.6) is 0 Å². The van der Waals surface area contributed by atoms with Gasteiger partial charge in [0.25, 0.3) is 5.91 Å². The van der Waals surface area contributed by atoms with E-state index < -0.39 is 10.0 Å². The molecule has 0 radical (unpaired) electrons. The number of rotatable bonds is 6. The van der Waals surface area contributed by atoms with Gasteiger partial charge >= 0.3 is 0 Å². The largest absolute Gasteiger partial charge is 0.321 e. The summed E-state index contributed by atoms with van der Waals surface area (Å²) in [4.78, 5) is 15.1. The van der Waals surface area contributed by atoms with Crippen LogP contribution in [0.4, 0.5) is 5.69 Å². The van der Waals surface area contributed by atoms with E-state index in [2.05, 4.69) is 26.1 Å². The molecule has 32 heavy (non-hydrogen) atoms. The SMILES string of the molecule is O=C(Nc1ccccc1Br)c1ccc(CN2CCN(S(=O)(=O)c3ccccc3)CC2)cc1. The standard InChI is InChI=1S/C24H24BrN3O3S/c25-22-8-4-5-9-23(22)26-24(29)20-12-10-19(11-13-20)18-27-14-16-28(17-15-27)32(30,31)21-6-2-1-3-7-21/h1-13H,14-18H2,(H,26,29). The van der Waals surface area contributed by atoms with Crippen molar-refractivity contribution in [2.45, 2.75) is 11.4 Å². The van der Waals surface area contributed by atoms with Crippen LogP contribution in [0.15, 0.2) is 88.2 Å². The van der Waals surface area contributed by atoms with E-state index >= 15 is 0 Å². The van der Waals surface area contributed by atoms with Gasteiger partial charge in [0.2, 0.25) is 10.0 Å². The van der Waals surface area contributed by atoms with Gasteiger partial charge in [-0.15, -0.1) is 0 Å². The Morgan fingerprint density at radius 1 is 0.844 bits per heavy atom. The van der Waals surface area contributed by atoms with Crippen LogP contribution >= 0.6 is 15.9 Å². The second-order valence-electron chi connectivity index (χ2n) is 7.62. The van der Waals surface area contributed by atoms with E-state index in [0.29, 0.717) is 43.2 Å². The molecule has 1 heterocycles. The number of nitrogens with zero attached hydrogens (tertiary/aromatic N) is 2. The summed E-state index contributed by atoms with van der Waals surface area (Å²) in [5, 5.41) is 2.90. The summed E-state index contributed by atoms with van der Waals surface area (Å²) in [6.45, 7) is 2.96. The third-order valence-electron chi connectivity index (χ3n) is 5.46. The van der Waals surface area contributed by atoms with E-state index in [-0.39, 0.29) is 5.91 Å². The van der Waals surface area contributed by atoms with Gasteiger partial charge in [-0.3, -0.25) is 9.69 Å². The minimum atomic E-state index is -3.44. The summed E-state index contributed by atoms with van der Waals surface area (Å²) in [7, 11) is -3.44. The Kier molecular flexibility index (Phi) is 7.05. The van der Waals surface area contributed by atoms with Crippen molar-refractivity contribution in [2.75, 3.05) is 31.5 Å². The second-order valence-corrected chi connectivity index (χ2v) is 10.4. The molecule has 4 rings (SSSR count). The van der Waals surface area contributed by atoms with Gasteiger partial charge in [-0.2, -0.15) is 4.31 Å². The van der Waals surface area contributed by atoms with Crippen molar-refractivity contribution >= 4 is 37.5 Å². The molecule has 1 amide bonds. The molecule has 0 aromatic heterocycles. The van der Waals surface area contributed by atoms with Crippen LogP contribution in [-0.4, -0.2) is 49.7 Å². The Hall–Kier alpha value is -2.52. The molecule has 0 unspecified atom stereocenters. The normalized spacial score (nSPS) is 15.4. The smallest absolute Gasteiger partial charge is 0.255 e. The highest BCUT2D eigenvalue weighted by atomic mass is 79.9. The van der Waals surface area contributed by atoms with Crippen molar-refractivity contribution in [3.63, 3.8) is 0 Å². The first-order chi connectivity index (χ1) is 15.4. The molecule has 3 aromatic carbocycles. The highest BCUT2D eigenvalue weighted by Gasteiger charge is 2.28. The fourth-order valence-electron chi connectivity index (χ4n) is 3.65. The molecule has 1 aliphatic heterocycles. The van der Waals surface area contributed by atoms with Gasteiger partial charge in [-0.05, 0) is 57.9 Å². The average Bonchev–Trinajstić information content (AvgIpc) is 2.82. The number of hydrogen-bond acceptors (Lipinski definition) is 4. The number of hydrogen-bond donors (Lipinski definition) is 1. The van der Waals surface area contributed by atoms with Crippen LogP contribution in [0.3, 0.4) is 0 Å². The zero-order valence-corrected chi connectivity index (χ0v) is 19.8. The van der Waals surface area contributed by atoms with Crippen LogP contribution in [0.25, 0.3) is 0 Å². The monoisotopic (exact) mass is 513 g/mol. The van der Waals surface area contributed by atoms with Gasteiger partial charge in [0.1, 0.15) is 0 Å². The first-order valence-electron chi connectivity index (χ1n) is 10.4. The van der Waals surface area contributed by atoms with Crippen molar-refractivity contribution in [3.8, 4) is 0 Å². The van der Waals surface area contributed by atoms with Gasteiger partial charge in [0, 0.05) is 42.8 Å². The lowest BCUT2D eigenvalue weighted by atomic mass is 10.1. The quantitative estimate of drug-likeness (QED) is 0.535. The van der Waals surface area contributed by atoms with Crippen molar-refractivity contribution < 1.29 is 13.2 Å². The molecule has 1 saturated heterocycles. The number of piperazine rings is 1. The maximum absolute atomic E-state index is 12.8. The summed E-state index contributed by atoms with van der Waals surface area (Å²) >= 11 is 3.43. The minimum Gasteiger partial charge on any atom is -0.321 e.